The Hall–Kier alpha value is -2.13. The predicted octanol–water partition coefficient (Wildman–Crippen LogP) is 4.57. The number of thiophene rings is 1. The lowest BCUT2D eigenvalue weighted by Crippen LogP contribution is -1.95. The summed E-state index contributed by atoms with van der Waals surface area (Å²) in [6.07, 6.45) is 0. The van der Waals surface area contributed by atoms with Crippen molar-refractivity contribution in [3.05, 3.63) is 58.3 Å². The first-order valence-corrected chi connectivity index (χ1v) is 6.86. The lowest BCUT2D eigenvalue weighted by molar-refractivity contribution is 0.0703. The Morgan fingerprint density at radius 2 is 1.74 bits per heavy atom. The molecule has 0 aliphatic heterocycles. The monoisotopic (exact) mass is 268 g/mol. The zero-order valence-electron chi connectivity index (χ0n) is 10.4. The molecule has 0 saturated heterocycles. The van der Waals surface area contributed by atoms with Crippen LogP contribution in [0.5, 0.6) is 0 Å². The Labute approximate surface area is 114 Å². The Bertz CT molecular complexity index is 771. The van der Waals surface area contributed by atoms with Gasteiger partial charge in [-0.3, -0.25) is 0 Å². The Morgan fingerprint density at radius 1 is 1.00 bits per heavy atom. The number of rotatable bonds is 2. The zero-order valence-corrected chi connectivity index (χ0v) is 11.2. The maximum atomic E-state index is 11.3. The summed E-state index contributed by atoms with van der Waals surface area (Å²) in [4.78, 5) is 11.7. The highest BCUT2D eigenvalue weighted by molar-refractivity contribution is 7.12. The molecule has 0 saturated carbocycles. The van der Waals surface area contributed by atoms with Crippen LogP contribution >= 0.6 is 11.3 Å². The van der Waals surface area contributed by atoms with E-state index in [1.807, 2.05) is 41.8 Å². The molecule has 0 aliphatic carbocycles. The molecule has 2 aromatic carbocycles. The van der Waals surface area contributed by atoms with E-state index in [0.29, 0.717) is 4.88 Å². The number of carboxylic acids is 1. The van der Waals surface area contributed by atoms with Crippen molar-refractivity contribution in [2.24, 2.45) is 0 Å². The van der Waals surface area contributed by atoms with Crippen molar-refractivity contribution in [3.8, 4) is 11.1 Å². The van der Waals surface area contributed by atoms with Crippen LogP contribution < -0.4 is 0 Å². The second-order valence-electron chi connectivity index (χ2n) is 4.44. The van der Waals surface area contributed by atoms with Crippen molar-refractivity contribution in [2.75, 3.05) is 0 Å². The summed E-state index contributed by atoms with van der Waals surface area (Å²) >= 11 is 1.27. The molecule has 3 aromatic rings. The van der Waals surface area contributed by atoms with Crippen LogP contribution in [-0.4, -0.2) is 11.1 Å². The highest BCUT2D eigenvalue weighted by Crippen LogP contribution is 2.34. The van der Waals surface area contributed by atoms with E-state index in [1.165, 1.54) is 22.3 Å². The molecule has 19 heavy (non-hydrogen) atoms. The first-order valence-electron chi connectivity index (χ1n) is 5.98. The molecular weight excluding hydrogens is 256 g/mol. The van der Waals surface area contributed by atoms with Crippen molar-refractivity contribution < 1.29 is 9.90 Å². The van der Waals surface area contributed by atoms with Gasteiger partial charge in [-0.05, 0) is 40.3 Å². The van der Waals surface area contributed by atoms with Gasteiger partial charge in [0, 0.05) is 5.56 Å². The SMILES string of the molecule is Cc1ccc(-c2ccsc2C(=O)O)c2ccccc12. The maximum Gasteiger partial charge on any atom is 0.346 e. The van der Waals surface area contributed by atoms with Crippen molar-refractivity contribution in [3.63, 3.8) is 0 Å². The molecule has 0 amide bonds. The largest absolute Gasteiger partial charge is 0.477 e. The average Bonchev–Trinajstić information content (AvgIpc) is 2.89. The summed E-state index contributed by atoms with van der Waals surface area (Å²) in [6, 6.07) is 14.0. The van der Waals surface area contributed by atoms with E-state index < -0.39 is 5.97 Å². The molecule has 1 N–H and O–H groups in total. The minimum Gasteiger partial charge on any atom is -0.477 e. The summed E-state index contributed by atoms with van der Waals surface area (Å²) in [5.74, 6) is -0.866. The third kappa shape index (κ3) is 1.92. The van der Waals surface area contributed by atoms with Crippen molar-refractivity contribution >= 4 is 28.1 Å². The predicted molar refractivity (Wildman–Crippen MR) is 79.0 cm³/mol. The van der Waals surface area contributed by atoms with Gasteiger partial charge in [-0.2, -0.15) is 0 Å². The van der Waals surface area contributed by atoms with Gasteiger partial charge in [-0.1, -0.05) is 36.4 Å². The smallest absolute Gasteiger partial charge is 0.346 e. The average molecular weight is 268 g/mol. The number of carbonyl (C=O) groups is 1. The highest BCUT2D eigenvalue weighted by Gasteiger charge is 2.15. The van der Waals surface area contributed by atoms with Gasteiger partial charge in [0.1, 0.15) is 4.88 Å². The molecule has 1 aromatic heterocycles. The highest BCUT2D eigenvalue weighted by atomic mass is 32.1. The lowest BCUT2D eigenvalue weighted by atomic mass is 9.96. The van der Waals surface area contributed by atoms with Gasteiger partial charge in [0.15, 0.2) is 0 Å². The van der Waals surface area contributed by atoms with Crippen molar-refractivity contribution in [1.82, 2.24) is 0 Å². The number of fused-ring (bicyclic) bond motifs is 1. The zero-order chi connectivity index (χ0) is 13.4. The standard InChI is InChI=1S/C16H12O2S/c1-10-6-7-13(12-5-3-2-4-11(10)12)14-8-9-19-15(14)16(17)18/h2-9H,1H3,(H,17,18). The molecule has 94 valence electrons. The van der Waals surface area contributed by atoms with E-state index in [4.69, 9.17) is 0 Å². The van der Waals surface area contributed by atoms with E-state index >= 15 is 0 Å². The van der Waals surface area contributed by atoms with Crippen LogP contribution in [-0.2, 0) is 0 Å². The third-order valence-corrected chi connectivity index (χ3v) is 4.19. The topological polar surface area (TPSA) is 37.3 Å². The fraction of sp³-hybridized carbons (Fsp3) is 0.0625. The van der Waals surface area contributed by atoms with E-state index in [1.54, 1.807) is 0 Å². The first-order chi connectivity index (χ1) is 9.18. The van der Waals surface area contributed by atoms with Gasteiger partial charge < -0.3 is 5.11 Å². The third-order valence-electron chi connectivity index (χ3n) is 3.29. The molecule has 0 atom stereocenters. The summed E-state index contributed by atoms with van der Waals surface area (Å²) in [7, 11) is 0. The lowest BCUT2D eigenvalue weighted by Gasteiger charge is -2.08. The number of hydrogen-bond donors (Lipinski definition) is 1. The normalized spacial score (nSPS) is 10.8. The van der Waals surface area contributed by atoms with Crippen molar-refractivity contribution in [2.45, 2.75) is 6.92 Å². The Morgan fingerprint density at radius 3 is 2.47 bits per heavy atom. The van der Waals surface area contributed by atoms with Crippen LogP contribution in [0.4, 0.5) is 0 Å². The van der Waals surface area contributed by atoms with Crippen LogP contribution in [0.15, 0.2) is 47.8 Å². The molecule has 3 heteroatoms. The second-order valence-corrected chi connectivity index (χ2v) is 5.36. The van der Waals surface area contributed by atoms with Gasteiger partial charge >= 0.3 is 5.97 Å². The van der Waals surface area contributed by atoms with E-state index in [-0.39, 0.29) is 0 Å². The first kappa shape index (κ1) is 11.9. The number of aryl methyl sites for hydroxylation is 1. The van der Waals surface area contributed by atoms with Gasteiger partial charge in [-0.25, -0.2) is 4.79 Å². The number of aromatic carboxylic acids is 1. The number of benzene rings is 2. The molecule has 0 fully saturated rings. The fourth-order valence-corrected chi connectivity index (χ4v) is 3.12. The van der Waals surface area contributed by atoms with Crippen LogP contribution in [0.2, 0.25) is 0 Å². The fourth-order valence-electron chi connectivity index (χ4n) is 2.37. The van der Waals surface area contributed by atoms with Crippen LogP contribution in [0.3, 0.4) is 0 Å². The Balaban J connectivity index is 2.35. The van der Waals surface area contributed by atoms with E-state index in [2.05, 4.69) is 13.0 Å². The summed E-state index contributed by atoms with van der Waals surface area (Å²) in [5, 5.41) is 13.3. The summed E-state index contributed by atoms with van der Waals surface area (Å²) in [6.45, 7) is 2.07. The molecule has 0 aliphatic rings. The molecule has 1 heterocycles. The van der Waals surface area contributed by atoms with Gasteiger partial charge in [-0.15, -0.1) is 11.3 Å². The molecule has 0 bridgehead atoms. The van der Waals surface area contributed by atoms with Crippen LogP contribution in [0.1, 0.15) is 15.2 Å². The molecule has 3 rings (SSSR count). The molecular formula is C16H12O2S. The Kier molecular flexibility index (Phi) is 2.84. The van der Waals surface area contributed by atoms with Gasteiger partial charge in [0.05, 0.1) is 0 Å². The number of carboxylic acid groups (broad SMARTS) is 1. The summed E-state index contributed by atoms with van der Waals surface area (Å²) < 4.78 is 0. The van der Waals surface area contributed by atoms with E-state index in [9.17, 15) is 9.90 Å². The van der Waals surface area contributed by atoms with E-state index in [0.717, 1.165) is 16.5 Å². The molecule has 0 radical (unpaired) electrons. The van der Waals surface area contributed by atoms with Gasteiger partial charge in [0.2, 0.25) is 0 Å². The van der Waals surface area contributed by atoms with Crippen molar-refractivity contribution in [1.29, 1.82) is 0 Å². The number of hydrogen-bond acceptors (Lipinski definition) is 2. The van der Waals surface area contributed by atoms with Crippen LogP contribution in [0, 0.1) is 6.92 Å². The maximum absolute atomic E-state index is 11.3. The minimum absolute atomic E-state index is 0.397. The molecule has 0 spiro atoms. The van der Waals surface area contributed by atoms with Gasteiger partial charge in [0.25, 0.3) is 0 Å². The summed E-state index contributed by atoms with van der Waals surface area (Å²) in [5.41, 5.74) is 2.99. The molecule has 2 nitrogen and oxygen atoms in total. The second kappa shape index (κ2) is 4.52. The minimum atomic E-state index is -0.866. The van der Waals surface area contributed by atoms with Crippen LogP contribution in [0.25, 0.3) is 21.9 Å². The quantitative estimate of drug-likeness (QED) is 0.739. The molecule has 0 unspecified atom stereocenters.